The van der Waals surface area contributed by atoms with Gasteiger partial charge in [-0.3, -0.25) is 18.7 Å². The highest BCUT2D eigenvalue weighted by molar-refractivity contribution is 5.93. The fourth-order valence-electron chi connectivity index (χ4n) is 2.91. The summed E-state index contributed by atoms with van der Waals surface area (Å²) in [6.45, 7) is 0.587. The van der Waals surface area contributed by atoms with E-state index < -0.39 is 11.2 Å². The molecule has 0 unspecified atom stereocenters. The second kappa shape index (κ2) is 5.99. The van der Waals surface area contributed by atoms with Crippen molar-refractivity contribution in [3.05, 3.63) is 62.4 Å². The van der Waals surface area contributed by atoms with Gasteiger partial charge in [0.25, 0.3) is 11.5 Å². The van der Waals surface area contributed by atoms with Crippen LogP contribution < -0.4 is 16.0 Å². The topological polar surface area (TPSA) is 73.5 Å². The summed E-state index contributed by atoms with van der Waals surface area (Å²) in [5.74, 6) is 0.416. The minimum atomic E-state index is -0.510. The van der Waals surface area contributed by atoms with Crippen LogP contribution in [-0.2, 0) is 14.1 Å². The summed E-state index contributed by atoms with van der Waals surface area (Å²) >= 11 is 0. The standard InChI is InChI=1S/C17H19N3O4/c1-18-14(10-15(21)19(2)17(18)23)16(22)20-8-7-13(20)11-5-4-6-12(9-11)24-3/h4-6,9-10,13H,7-8H2,1-3H3/t13-/m0/s1. The van der Waals surface area contributed by atoms with Crippen molar-refractivity contribution < 1.29 is 9.53 Å². The first kappa shape index (κ1) is 16.0. The Hall–Kier alpha value is -2.83. The van der Waals surface area contributed by atoms with Gasteiger partial charge in [0.2, 0.25) is 0 Å². The lowest BCUT2D eigenvalue weighted by molar-refractivity contribution is 0.0447. The van der Waals surface area contributed by atoms with E-state index in [0.29, 0.717) is 6.54 Å². The number of likely N-dealkylation sites (tertiary alicyclic amines) is 1. The van der Waals surface area contributed by atoms with Gasteiger partial charge in [0.05, 0.1) is 13.2 Å². The lowest BCUT2D eigenvalue weighted by Gasteiger charge is -2.41. The van der Waals surface area contributed by atoms with Gasteiger partial charge >= 0.3 is 5.69 Å². The highest BCUT2D eigenvalue weighted by atomic mass is 16.5. The molecule has 2 aromatic rings. The number of nitrogens with zero attached hydrogens (tertiary/aromatic N) is 3. The van der Waals surface area contributed by atoms with Crippen molar-refractivity contribution in [3.63, 3.8) is 0 Å². The van der Waals surface area contributed by atoms with E-state index >= 15 is 0 Å². The van der Waals surface area contributed by atoms with Crippen LogP contribution in [0.2, 0.25) is 0 Å². The Morgan fingerprint density at radius 1 is 1.17 bits per heavy atom. The van der Waals surface area contributed by atoms with E-state index in [1.807, 2.05) is 24.3 Å². The first-order valence-electron chi connectivity index (χ1n) is 7.66. The van der Waals surface area contributed by atoms with E-state index in [2.05, 4.69) is 0 Å². The van der Waals surface area contributed by atoms with Gasteiger partial charge in [-0.15, -0.1) is 0 Å². The number of hydrogen-bond donors (Lipinski definition) is 0. The van der Waals surface area contributed by atoms with Crippen molar-refractivity contribution in [1.82, 2.24) is 14.0 Å². The number of carbonyl (C=O) groups excluding carboxylic acids is 1. The summed E-state index contributed by atoms with van der Waals surface area (Å²) in [5, 5.41) is 0. The Morgan fingerprint density at radius 3 is 2.54 bits per heavy atom. The summed E-state index contributed by atoms with van der Waals surface area (Å²) < 4.78 is 7.42. The molecule has 7 nitrogen and oxygen atoms in total. The van der Waals surface area contributed by atoms with Crippen LogP contribution in [0.1, 0.15) is 28.5 Å². The quantitative estimate of drug-likeness (QED) is 0.830. The second-order valence-electron chi connectivity index (χ2n) is 5.85. The van der Waals surface area contributed by atoms with Gasteiger partial charge in [-0.25, -0.2) is 4.79 Å². The molecule has 1 aromatic carbocycles. The van der Waals surface area contributed by atoms with E-state index in [9.17, 15) is 14.4 Å². The summed E-state index contributed by atoms with van der Waals surface area (Å²) in [6, 6.07) is 8.70. The SMILES string of the molecule is COc1cccc([C@@H]2CCN2C(=O)c2cc(=O)n(C)c(=O)n2C)c1. The van der Waals surface area contributed by atoms with Gasteiger partial charge < -0.3 is 9.64 Å². The first-order chi connectivity index (χ1) is 11.4. The maximum Gasteiger partial charge on any atom is 0.331 e. The van der Waals surface area contributed by atoms with Crippen LogP contribution in [0.5, 0.6) is 5.75 Å². The molecule has 1 aliphatic heterocycles. The highest BCUT2D eigenvalue weighted by Gasteiger charge is 2.35. The molecule has 126 valence electrons. The summed E-state index contributed by atoms with van der Waals surface area (Å²) in [7, 11) is 4.48. The van der Waals surface area contributed by atoms with Gasteiger partial charge in [0.15, 0.2) is 0 Å². The van der Waals surface area contributed by atoms with Gasteiger partial charge in [-0.05, 0) is 24.1 Å². The van der Waals surface area contributed by atoms with E-state index in [0.717, 1.165) is 22.3 Å². The van der Waals surface area contributed by atoms with E-state index in [1.165, 1.54) is 24.7 Å². The predicted molar refractivity (Wildman–Crippen MR) is 88.3 cm³/mol. The third-order valence-corrected chi connectivity index (χ3v) is 4.50. The number of ether oxygens (including phenoxy) is 1. The largest absolute Gasteiger partial charge is 0.497 e. The number of benzene rings is 1. The van der Waals surface area contributed by atoms with Crippen LogP contribution in [-0.4, -0.2) is 33.6 Å². The van der Waals surface area contributed by atoms with Gasteiger partial charge in [-0.2, -0.15) is 0 Å². The molecule has 0 aliphatic carbocycles. The smallest absolute Gasteiger partial charge is 0.331 e. The predicted octanol–water partition coefficient (Wildman–Crippen LogP) is 0.680. The Morgan fingerprint density at radius 2 is 1.92 bits per heavy atom. The molecule has 7 heteroatoms. The van der Waals surface area contributed by atoms with Crippen molar-refractivity contribution in [2.24, 2.45) is 14.1 Å². The van der Waals surface area contributed by atoms with Crippen LogP contribution in [0.4, 0.5) is 0 Å². The Balaban J connectivity index is 1.94. The number of hydrogen-bond acceptors (Lipinski definition) is 4. The van der Waals surface area contributed by atoms with E-state index in [4.69, 9.17) is 4.74 Å². The van der Waals surface area contributed by atoms with Gasteiger partial charge in [-0.1, -0.05) is 12.1 Å². The number of rotatable bonds is 3. The number of methoxy groups -OCH3 is 1. The Kier molecular flexibility index (Phi) is 4.01. The van der Waals surface area contributed by atoms with Crippen LogP contribution >= 0.6 is 0 Å². The molecule has 3 rings (SSSR count). The number of carbonyl (C=O) groups is 1. The maximum absolute atomic E-state index is 12.8. The second-order valence-corrected chi connectivity index (χ2v) is 5.85. The molecule has 0 radical (unpaired) electrons. The zero-order chi connectivity index (χ0) is 17.4. The Labute approximate surface area is 138 Å². The minimum absolute atomic E-state index is 0.0771. The summed E-state index contributed by atoms with van der Waals surface area (Å²) in [6.07, 6.45) is 0.831. The monoisotopic (exact) mass is 329 g/mol. The fraction of sp³-hybridized carbons (Fsp3) is 0.353. The third kappa shape index (κ3) is 2.51. The van der Waals surface area contributed by atoms with E-state index in [-0.39, 0.29) is 17.6 Å². The molecule has 1 saturated heterocycles. The fourth-order valence-corrected chi connectivity index (χ4v) is 2.91. The molecule has 0 spiro atoms. The van der Waals surface area contributed by atoms with Crippen molar-refractivity contribution >= 4 is 5.91 Å². The van der Waals surface area contributed by atoms with Crippen molar-refractivity contribution in [2.75, 3.05) is 13.7 Å². The highest BCUT2D eigenvalue weighted by Crippen LogP contribution is 2.35. The van der Waals surface area contributed by atoms with Crippen LogP contribution in [0.3, 0.4) is 0 Å². The maximum atomic E-state index is 12.8. The summed E-state index contributed by atoms with van der Waals surface area (Å²) in [4.78, 5) is 38.3. The normalized spacial score (nSPS) is 16.6. The molecule has 0 N–H and O–H groups in total. The van der Waals surface area contributed by atoms with Crippen LogP contribution in [0, 0.1) is 0 Å². The summed E-state index contributed by atoms with van der Waals surface area (Å²) in [5.41, 5.74) is 0.0858. The number of aromatic nitrogens is 2. The van der Waals surface area contributed by atoms with Crippen molar-refractivity contribution in [3.8, 4) is 5.75 Å². The molecule has 24 heavy (non-hydrogen) atoms. The van der Waals surface area contributed by atoms with Crippen LogP contribution in [0.25, 0.3) is 0 Å². The molecule has 1 aromatic heterocycles. The van der Waals surface area contributed by atoms with Crippen LogP contribution in [0.15, 0.2) is 39.9 Å². The lowest BCUT2D eigenvalue weighted by Crippen LogP contribution is -2.48. The third-order valence-electron chi connectivity index (χ3n) is 4.50. The molecule has 1 atom stereocenters. The molecular formula is C17H19N3O4. The van der Waals surface area contributed by atoms with Gasteiger partial charge in [0.1, 0.15) is 11.4 Å². The van der Waals surface area contributed by atoms with E-state index in [1.54, 1.807) is 12.0 Å². The van der Waals surface area contributed by atoms with Gasteiger partial charge in [0, 0.05) is 26.7 Å². The molecule has 1 fully saturated rings. The lowest BCUT2D eigenvalue weighted by atomic mass is 9.94. The van der Waals surface area contributed by atoms with Crippen molar-refractivity contribution in [1.29, 1.82) is 0 Å². The zero-order valence-corrected chi connectivity index (χ0v) is 13.9. The average molecular weight is 329 g/mol. The average Bonchev–Trinajstić information content (AvgIpc) is 2.55. The number of amides is 1. The minimum Gasteiger partial charge on any atom is -0.497 e. The molecule has 2 heterocycles. The molecule has 0 bridgehead atoms. The zero-order valence-electron chi connectivity index (χ0n) is 13.9. The first-order valence-corrected chi connectivity index (χ1v) is 7.66. The molecule has 1 aliphatic rings. The molecule has 1 amide bonds. The van der Waals surface area contributed by atoms with Crippen molar-refractivity contribution in [2.45, 2.75) is 12.5 Å². The molecular weight excluding hydrogens is 310 g/mol. The molecule has 0 saturated carbocycles. The Bertz CT molecular complexity index is 913.